The van der Waals surface area contributed by atoms with E-state index >= 15 is 0 Å². The van der Waals surface area contributed by atoms with Crippen molar-refractivity contribution in [2.24, 2.45) is 0 Å². The number of hydrogen-bond donors (Lipinski definition) is 0. The standard InChI is InChI=1S/C9H8BrNS/c1-12-6-8-4-7(5-11)2-3-9(8)10/h2-4H,6H2,1H3. The zero-order chi connectivity index (χ0) is 8.97. The Morgan fingerprint density at radius 1 is 1.58 bits per heavy atom. The Bertz CT molecular complexity index is 317. The second kappa shape index (κ2) is 4.54. The molecule has 0 aliphatic heterocycles. The Labute approximate surface area is 84.9 Å². The van der Waals surface area contributed by atoms with Gasteiger partial charge in [-0.05, 0) is 30.0 Å². The molecule has 0 saturated heterocycles. The van der Waals surface area contributed by atoms with E-state index in [1.165, 1.54) is 5.56 Å². The maximum atomic E-state index is 8.65. The van der Waals surface area contributed by atoms with E-state index in [1.54, 1.807) is 11.8 Å². The van der Waals surface area contributed by atoms with Crippen LogP contribution >= 0.6 is 27.7 Å². The van der Waals surface area contributed by atoms with E-state index in [1.807, 2.05) is 24.5 Å². The topological polar surface area (TPSA) is 23.8 Å². The van der Waals surface area contributed by atoms with E-state index in [0.29, 0.717) is 0 Å². The lowest BCUT2D eigenvalue weighted by Gasteiger charge is -2.01. The molecular formula is C9H8BrNS. The molecule has 0 spiro atoms. The summed E-state index contributed by atoms with van der Waals surface area (Å²) in [7, 11) is 0. The van der Waals surface area contributed by atoms with Gasteiger partial charge in [0, 0.05) is 10.2 Å². The fourth-order valence-electron chi connectivity index (χ4n) is 0.910. The maximum Gasteiger partial charge on any atom is 0.0991 e. The Kier molecular flexibility index (Phi) is 3.64. The van der Waals surface area contributed by atoms with Crippen molar-refractivity contribution in [3.8, 4) is 6.07 Å². The van der Waals surface area contributed by atoms with Crippen molar-refractivity contribution in [1.82, 2.24) is 0 Å². The van der Waals surface area contributed by atoms with Gasteiger partial charge in [-0.2, -0.15) is 17.0 Å². The van der Waals surface area contributed by atoms with Crippen LogP contribution in [-0.2, 0) is 5.75 Å². The summed E-state index contributed by atoms with van der Waals surface area (Å²) in [6.45, 7) is 0. The molecule has 1 rings (SSSR count). The SMILES string of the molecule is CSCc1cc(C#N)ccc1Br. The molecule has 12 heavy (non-hydrogen) atoms. The van der Waals surface area contributed by atoms with Gasteiger partial charge in [0.15, 0.2) is 0 Å². The molecule has 3 heteroatoms. The van der Waals surface area contributed by atoms with Crippen LogP contribution < -0.4 is 0 Å². The van der Waals surface area contributed by atoms with E-state index < -0.39 is 0 Å². The normalized spacial score (nSPS) is 9.42. The summed E-state index contributed by atoms with van der Waals surface area (Å²) in [6.07, 6.45) is 2.05. The average molecular weight is 242 g/mol. The summed E-state index contributed by atoms with van der Waals surface area (Å²) in [5.41, 5.74) is 1.91. The highest BCUT2D eigenvalue weighted by atomic mass is 79.9. The van der Waals surface area contributed by atoms with E-state index in [4.69, 9.17) is 5.26 Å². The fourth-order valence-corrected chi connectivity index (χ4v) is 2.03. The van der Waals surface area contributed by atoms with Crippen molar-refractivity contribution < 1.29 is 0 Å². The van der Waals surface area contributed by atoms with Gasteiger partial charge >= 0.3 is 0 Å². The Morgan fingerprint density at radius 2 is 2.33 bits per heavy atom. The van der Waals surface area contributed by atoms with Crippen molar-refractivity contribution in [2.75, 3.05) is 6.26 Å². The van der Waals surface area contributed by atoms with Crippen LogP contribution in [0.4, 0.5) is 0 Å². The number of nitrogens with zero attached hydrogens (tertiary/aromatic N) is 1. The maximum absolute atomic E-state index is 8.65. The summed E-state index contributed by atoms with van der Waals surface area (Å²) in [5, 5.41) is 8.65. The van der Waals surface area contributed by atoms with Crippen molar-refractivity contribution in [2.45, 2.75) is 5.75 Å². The second-order valence-electron chi connectivity index (χ2n) is 2.35. The molecule has 0 fully saturated rings. The lowest BCUT2D eigenvalue weighted by atomic mass is 10.2. The predicted octanol–water partition coefficient (Wildman–Crippen LogP) is 3.18. The Hall–Kier alpha value is -0.460. The third-order valence-corrected chi connectivity index (χ3v) is 2.85. The first-order valence-corrected chi connectivity index (χ1v) is 5.64. The summed E-state index contributed by atoms with van der Waals surface area (Å²) in [4.78, 5) is 0. The van der Waals surface area contributed by atoms with Crippen LogP contribution in [-0.4, -0.2) is 6.26 Å². The molecule has 0 N–H and O–H groups in total. The van der Waals surface area contributed by atoms with Crippen molar-refractivity contribution >= 4 is 27.7 Å². The van der Waals surface area contributed by atoms with Gasteiger partial charge in [0.1, 0.15) is 0 Å². The van der Waals surface area contributed by atoms with Crippen LogP contribution in [0.3, 0.4) is 0 Å². The predicted molar refractivity (Wildman–Crippen MR) is 56.1 cm³/mol. The molecule has 0 aliphatic carbocycles. The lowest BCUT2D eigenvalue weighted by Crippen LogP contribution is -1.84. The fraction of sp³-hybridized carbons (Fsp3) is 0.222. The summed E-state index contributed by atoms with van der Waals surface area (Å²) < 4.78 is 1.08. The molecule has 0 amide bonds. The molecule has 0 bridgehead atoms. The van der Waals surface area contributed by atoms with Crippen LogP contribution in [0.15, 0.2) is 22.7 Å². The summed E-state index contributed by atoms with van der Waals surface area (Å²) in [5.74, 6) is 0.941. The first kappa shape index (κ1) is 9.63. The molecule has 1 nitrogen and oxygen atoms in total. The Balaban J connectivity index is 3.01. The highest BCUT2D eigenvalue weighted by molar-refractivity contribution is 9.10. The lowest BCUT2D eigenvalue weighted by molar-refractivity contribution is 1.36. The highest BCUT2D eigenvalue weighted by Crippen LogP contribution is 2.21. The quantitative estimate of drug-likeness (QED) is 0.795. The number of halogens is 1. The molecule has 62 valence electrons. The summed E-state index contributed by atoms with van der Waals surface area (Å²) in [6, 6.07) is 7.77. The zero-order valence-electron chi connectivity index (χ0n) is 6.67. The van der Waals surface area contributed by atoms with Crippen LogP contribution in [0.1, 0.15) is 11.1 Å². The molecule has 0 heterocycles. The minimum absolute atomic E-state index is 0.724. The minimum atomic E-state index is 0.724. The smallest absolute Gasteiger partial charge is 0.0991 e. The minimum Gasteiger partial charge on any atom is -0.192 e. The van der Waals surface area contributed by atoms with Gasteiger partial charge in [-0.25, -0.2) is 0 Å². The van der Waals surface area contributed by atoms with E-state index in [9.17, 15) is 0 Å². The van der Waals surface area contributed by atoms with Crippen LogP contribution in [0.25, 0.3) is 0 Å². The average Bonchev–Trinajstić information content (AvgIpc) is 2.09. The molecule has 1 aromatic rings. The Morgan fingerprint density at radius 3 is 2.92 bits per heavy atom. The van der Waals surface area contributed by atoms with Gasteiger partial charge in [-0.15, -0.1) is 0 Å². The van der Waals surface area contributed by atoms with Gasteiger partial charge < -0.3 is 0 Å². The van der Waals surface area contributed by atoms with Crippen molar-refractivity contribution in [3.05, 3.63) is 33.8 Å². The van der Waals surface area contributed by atoms with Gasteiger partial charge in [0.25, 0.3) is 0 Å². The van der Waals surface area contributed by atoms with E-state index in [2.05, 4.69) is 22.0 Å². The van der Waals surface area contributed by atoms with Crippen LogP contribution in [0, 0.1) is 11.3 Å². The third kappa shape index (κ3) is 2.26. The van der Waals surface area contributed by atoms with E-state index in [-0.39, 0.29) is 0 Å². The first-order chi connectivity index (χ1) is 5.77. The van der Waals surface area contributed by atoms with Crippen molar-refractivity contribution in [1.29, 1.82) is 5.26 Å². The number of thioether (sulfide) groups is 1. The van der Waals surface area contributed by atoms with Gasteiger partial charge in [-0.1, -0.05) is 15.9 Å². The molecule has 0 atom stereocenters. The molecule has 1 aromatic carbocycles. The first-order valence-electron chi connectivity index (χ1n) is 3.45. The number of rotatable bonds is 2. The number of benzene rings is 1. The molecule has 0 aromatic heterocycles. The molecule has 0 saturated carbocycles. The van der Waals surface area contributed by atoms with Crippen LogP contribution in [0.5, 0.6) is 0 Å². The number of hydrogen-bond acceptors (Lipinski definition) is 2. The van der Waals surface area contributed by atoms with E-state index in [0.717, 1.165) is 15.8 Å². The largest absolute Gasteiger partial charge is 0.192 e. The van der Waals surface area contributed by atoms with Crippen molar-refractivity contribution in [3.63, 3.8) is 0 Å². The summed E-state index contributed by atoms with van der Waals surface area (Å²) >= 11 is 5.19. The number of nitriles is 1. The second-order valence-corrected chi connectivity index (χ2v) is 4.07. The van der Waals surface area contributed by atoms with Gasteiger partial charge in [-0.3, -0.25) is 0 Å². The highest BCUT2D eigenvalue weighted by Gasteiger charge is 1.99. The molecule has 0 unspecified atom stereocenters. The van der Waals surface area contributed by atoms with Gasteiger partial charge in [0.2, 0.25) is 0 Å². The molecular weight excluding hydrogens is 234 g/mol. The molecule has 0 radical (unpaired) electrons. The third-order valence-electron chi connectivity index (χ3n) is 1.47. The molecule has 0 aliphatic rings. The van der Waals surface area contributed by atoms with Crippen LogP contribution in [0.2, 0.25) is 0 Å². The monoisotopic (exact) mass is 241 g/mol. The zero-order valence-corrected chi connectivity index (χ0v) is 9.08. The van der Waals surface area contributed by atoms with Gasteiger partial charge in [0.05, 0.1) is 11.6 Å².